The Morgan fingerprint density at radius 3 is 2.63 bits per heavy atom. The van der Waals surface area contributed by atoms with E-state index >= 15 is 0 Å². The summed E-state index contributed by atoms with van der Waals surface area (Å²) in [6.07, 6.45) is 3.05. The molecule has 1 N–H and O–H groups in total. The Morgan fingerprint density at radius 1 is 1.07 bits per heavy atom. The van der Waals surface area contributed by atoms with Crippen LogP contribution in [0.3, 0.4) is 0 Å². The van der Waals surface area contributed by atoms with Gasteiger partial charge in [-0.25, -0.2) is 4.90 Å². The number of carbonyl (C=O) groups is 3. The molecule has 5 rings (SSSR count). The highest BCUT2D eigenvalue weighted by Crippen LogP contribution is 2.55. The van der Waals surface area contributed by atoms with Crippen molar-refractivity contribution in [2.45, 2.75) is 13.3 Å². The summed E-state index contributed by atoms with van der Waals surface area (Å²) in [5.41, 5.74) is 2.65. The Labute approximate surface area is 174 Å². The van der Waals surface area contributed by atoms with Gasteiger partial charge < -0.3 is 10.1 Å². The standard InChI is InChI=1S/C24H22N2O4/c1-13-9-15-11-19(13)21-20(15)23(28)26(24(21)29)17-7-3-5-14(10-17)22(27)25-16-6-4-8-18(12-16)30-2/h3-10,12,15,19-21H,11H2,1-2H3,(H,25,27)/t15-,19+,20-,21-/m0/s1. The number of fused-ring (bicyclic) bond motifs is 5. The van der Waals surface area contributed by atoms with Gasteiger partial charge in [0.25, 0.3) is 5.91 Å². The van der Waals surface area contributed by atoms with Gasteiger partial charge in [-0.2, -0.15) is 0 Å². The molecule has 6 heteroatoms. The van der Waals surface area contributed by atoms with Crippen molar-refractivity contribution in [1.29, 1.82) is 0 Å². The Hall–Kier alpha value is -3.41. The summed E-state index contributed by atoms with van der Waals surface area (Å²) >= 11 is 0. The summed E-state index contributed by atoms with van der Waals surface area (Å²) in [7, 11) is 1.56. The minimum absolute atomic E-state index is 0.143. The van der Waals surface area contributed by atoms with Crippen LogP contribution in [0.15, 0.2) is 60.2 Å². The van der Waals surface area contributed by atoms with Crippen molar-refractivity contribution in [2.75, 3.05) is 17.3 Å². The lowest BCUT2D eigenvalue weighted by molar-refractivity contribution is -0.123. The second-order valence-corrected chi connectivity index (χ2v) is 8.22. The van der Waals surface area contributed by atoms with Gasteiger partial charge in [0, 0.05) is 17.3 Å². The molecule has 1 saturated heterocycles. The van der Waals surface area contributed by atoms with E-state index < -0.39 is 0 Å². The number of benzene rings is 2. The Balaban J connectivity index is 1.40. The molecule has 2 aromatic rings. The number of ether oxygens (including phenoxy) is 1. The molecule has 3 aliphatic rings. The van der Waals surface area contributed by atoms with Gasteiger partial charge in [-0.15, -0.1) is 0 Å². The molecule has 152 valence electrons. The van der Waals surface area contributed by atoms with Crippen molar-refractivity contribution in [3.05, 3.63) is 65.7 Å². The summed E-state index contributed by atoms with van der Waals surface area (Å²) < 4.78 is 5.18. The Morgan fingerprint density at radius 2 is 1.83 bits per heavy atom. The van der Waals surface area contributed by atoms with Crippen LogP contribution < -0.4 is 15.0 Å². The monoisotopic (exact) mass is 402 g/mol. The van der Waals surface area contributed by atoms with Gasteiger partial charge in [0.05, 0.1) is 24.6 Å². The molecule has 2 aromatic carbocycles. The lowest BCUT2D eigenvalue weighted by atomic mass is 9.82. The van der Waals surface area contributed by atoms with Crippen LogP contribution in [-0.2, 0) is 9.59 Å². The van der Waals surface area contributed by atoms with Crippen LogP contribution in [0.25, 0.3) is 0 Å². The second-order valence-electron chi connectivity index (χ2n) is 8.22. The van der Waals surface area contributed by atoms with E-state index in [2.05, 4.69) is 11.4 Å². The van der Waals surface area contributed by atoms with Gasteiger partial charge in [0.1, 0.15) is 5.75 Å². The van der Waals surface area contributed by atoms with Crippen molar-refractivity contribution in [3.8, 4) is 5.75 Å². The molecule has 6 nitrogen and oxygen atoms in total. The molecule has 0 aromatic heterocycles. The predicted octanol–water partition coefficient (Wildman–Crippen LogP) is 3.65. The quantitative estimate of drug-likeness (QED) is 0.626. The fourth-order valence-corrected chi connectivity index (χ4v) is 5.22. The van der Waals surface area contributed by atoms with Crippen molar-refractivity contribution < 1.29 is 19.1 Å². The molecule has 1 saturated carbocycles. The number of allylic oxidation sites excluding steroid dienone is 2. The Bertz CT molecular complexity index is 1110. The maximum Gasteiger partial charge on any atom is 0.255 e. The number of rotatable bonds is 4. The molecule has 0 unspecified atom stereocenters. The van der Waals surface area contributed by atoms with Crippen molar-refractivity contribution >= 4 is 29.1 Å². The number of methoxy groups -OCH3 is 1. The van der Waals surface area contributed by atoms with Crippen molar-refractivity contribution in [3.63, 3.8) is 0 Å². The van der Waals surface area contributed by atoms with Crippen LogP contribution in [0.5, 0.6) is 5.75 Å². The van der Waals surface area contributed by atoms with E-state index in [4.69, 9.17) is 4.74 Å². The summed E-state index contributed by atoms with van der Waals surface area (Å²) in [5.74, 6) is -0.173. The highest BCUT2D eigenvalue weighted by molar-refractivity contribution is 6.23. The number of anilines is 2. The van der Waals surface area contributed by atoms with E-state index in [1.54, 1.807) is 55.6 Å². The van der Waals surface area contributed by atoms with E-state index in [1.165, 1.54) is 10.5 Å². The number of hydrogen-bond acceptors (Lipinski definition) is 4. The van der Waals surface area contributed by atoms with E-state index in [1.807, 2.05) is 6.92 Å². The Kier molecular flexibility index (Phi) is 4.24. The summed E-state index contributed by atoms with van der Waals surface area (Å²) in [4.78, 5) is 40.3. The first-order valence-electron chi connectivity index (χ1n) is 10.1. The second kappa shape index (κ2) is 6.83. The SMILES string of the molecule is COc1cccc(NC(=O)c2cccc(N3C(=O)[C@@H]4[C@@H](C3=O)[C@H]3C=C(C)[C@H]4C3)c2)c1. The summed E-state index contributed by atoms with van der Waals surface area (Å²) in [5, 5.41) is 2.83. The molecule has 1 aliphatic heterocycles. The van der Waals surface area contributed by atoms with E-state index in [0.29, 0.717) is 22.7 Å². The highest BCUT2D eigenvalue weighted by Gasteiger charge is 2.60. The average Bonchev–Trinajstić information content (AvgIpc) is 3.38. The first-order valence-corrected chi connectivity index (χ1v) is 10.1. The zero-order valence-electron chi connectivity index (χ0n) is 16.8. The molecule has 2 bridgehead atoms. The first-order chi connectivity index (χ1) is 14.5. The summed E-state index contributed by atoms with van der Waals surface area (Å²) in [6, 6.07) is 13.8. The smallest absolute Gasteiger partial charge is 0.255 e. The molecular formula is C24H22N2O4. The number of carbonyl (C=O) groups excluding carboxylic acids is 3. The van der Waals surface area contributed by atoms with Gasteiger partial charge >= 0.3 is 0 Å². The van der Waals surface area contributed by atoms with Crippen LogP contribution in [-0.4, -0.2) is 24.8 Å². The number of nitrogens with one attached hydrogen (secondary N) is 1. The number of imide groups is 1. The van der Waals surface area contributed by atoms with Crippen LogP contribution in [0.1, 0.15) is 23.7 Å². The molecule has 3 amide bonds. The maximum atomic E-state index is 13.1. The fourth-order valence-electron chi connectivity index (χ4n) is 5.22. The zero-order valence-corrected chi connectivity index (χ0v) is 16.8. The van der Waals surface area contributed by atoms with Gasteiger partial charge in [-0.05, 0) is 55.5 Å². The van der Waals surface area contributed by atoms with E-state index in [-0.39, 0.29) is 41.4 Å². The number of hydrogen-bond donors (Lipinski definition) is 1. The van der Waals surface area contributed by atoms with E-state index in [9.17, 15) is 14.4 Å². The minimum Gasteiger partial charge on any atom is -0.497 e. The van der Waals surface area contributed by atoms with Crippen LogP contribution in [0.2, 0.25) is 0 Å². The molecule has 2 aliphatic carbocycles. The van der Waals surface area contributed by atoms with Crippen molar-refractivity contribution in [1.82, 2.24) is 0 Å². The third kappa shape index (κ3) is 2.75. The van der Waals surface area contributed by atoms with Gasteiger partial charge in [0.2, 0.25) is 11.8 Å². The molecule has 1 heterocycles. The van der Waals surface area contributed by atoms with Gasteiger partial charge in [0.15, 0.2) is 0 Å². The maximum absolute atomic E-state index is 13.1. The van der Waals surface area contributed by atoms with Crippen LogP contribution in [0.4, 0.5) is 11.4 Å². The molecule has 0 radical (unpaired) electrons. The largest absolute Gasteiger partial charge is 0.497 e. The van der Waals surface area contributed by atoms with E-state index in [0.717, 1.165) is 6.42 Å². The molecule has 0 spiro atoms. The molecule has 2 fully saturated rings. The van der Waals surface area contributed by atoms with Gasteiger partial charge in [-0.3, -0.25) is 14.4 Å². The summed E-state index contributed by atoms with van der Waals surface area (Å²) in [6.45, 7) is 2.05. The lowest BCUT2D eigenvalue weighted by Gasteiger charge is -2.19. The van der Waals surface area contributed by atoms with Crippen LogP contribution in [0, 0.1) is 23.7 Å². The van der Waals surface area contributed by atoms with Crippen LogP contribution >= 0.6 is 0 Å². The van der Waals surface area contributed by atoms with Crippen molar-refractivity contribution in [2.24, 2.45) is 23.7 Å². The molecule has 4 atom stereocenters. The first kappa shape index (κ1) is 18.6. The predicted molar refractivity (Wildman–Crippen MR) is 112 cm³/mol. The molecule has 30 heavy (non-hydrogen) atoms. The third-order valence-electron chi connectivity index (χ3n) is 6.57. The third-order valence-corrected chi connectivity index (χ3v) is 6.57. The highest BCUT2D eigenvalue weighted by atomic mass is 16.5. The average molecular weight is 402 g/mol. The lowest BCUT2D eigenvalue weighted by Crippen LogP contribution is -2.33. The van der Waals surface area contributed by atoms with Gasteiger partial charge in [-0.1, -0.05) is 23.8 Å². The minimum atomic E-state index is -0.318. The topological polar surface area (TPSA) is 75.7 Å². The molecular weight excluding hydrogens is 380 g/mol. The fraction of sp³-hybridized carbons (Fsp3) is 0.292. The number of nitrogens with zero attached hydrogens (tertiary/aromatic N) is 1. The number of amides is 3. The normalized spacial score (nSPS) is 26.6. The zero-order chi connectivity index (χ0) is 21.0.